The molecule has 6 aromatic rings. The number of aliphatic carboxylic acids is 2. The lowest BCUT2D eigenvalue weighted by Gasteiger charge is -2.30. The Hall–Kier alpha value is -6.26. The molecule has 2 aromatic carbocycles. The van der Waals surface area contributed by atoms with E-state index in [0.29, 0.717) is 91.2 Å². The Balaban J connectivity index is 0.000000237. The molecule has 2 aliphatic heterocycles. The van der Waals surface area contributed by atoms with Crippen molar-refractivity contribution in [3.63, 3.8) is 0 Å². The van der Waals surface area contributed by atoms with Crippen molar-refractivity contribution in [3.8, 4) is 0 Å². The van der Waals surface area contributed by atoms with Crippen LogP contribution in [0.1, 0.15) is 78.7 Å². The molecule has 0 saturated carbocycles. The van der Waals surface area contributed by atoms with E-state index in [1.165, 1.54) is 93.9 Å². The number of likely N-dealkylation sites (tertiary alicyclic amines) is 2. The predicted molar refractivity (Wildman–Crippen MR) is 276 cm³/mol. The number of esters is 2. The molecule has 14 nitrogen and oxygen atoms in total. The highest BCUT2D eigenvalue weighted by molar-refractivity contribution is 7.12. The van der Waals surface area contributed by atoms with Gasteiger partial charge in [-0.2, -0.15) is 26.3 Å². The summed E-state index contributed by atoms with van der Waals surface area (Å²) in [5.74, 6) is -8.00. The van der Waals surface area contributed by atoms with Crippen LogP contribution in [0.15, 0.2) is 119 Å². The molecule has 8 rings (SSSR count). The Morgan fingerprint density at radius 3 is 1.04 bits per heavy atom. The molecule has 4 atom stereocenters. The first-order valence-electron chi connectivity index (χ1n) is 24.3. The summed E-state index contributed by atoms with van der Waals surface area (Å²) in [5, 5.41) is 47.7. The number of carboxylic acids is 2. The summed E-state index contributed by atoms with van der Waals surface area (Å²) in [6.07, 6.45) is -7.38. The molecule has 4 aromatic heterocycles. The molecule has 2 fully saturated rings. The molecule has 26 heteroatoms. The number of hydrogen-bond donors (Lipinski definition) is 2. The molecule has 0 amide bonds. The van der Waals surface area contributed by atoms with Crippen LogP contribution in [0.5, 0.6) is 0 Å². The second-order valence-electron chi connectivity index (χ2n) is 19.1. The first-order chi connectivity index (χ1) is 37.5. The number of ether oxygens (including phenoxy) is 2. The number of carbonyl (C=O) groups excluding carboxylic acids is 6. The highest BCUT2D eigenvalue weighted by atomic mass is 32.1. The maximum atomic E-state index is 13.2. The molecule has 432 valence electrons. The third kappa shape index (κ3) is 17.9. The lowest BCUT2D eigenvalue weighted by Crippen LogP contribution is -2.45. The van der Waals surface area contributed by atoms with Crippen LogP contribution in [-0.4, -0.2) is 133 Å². The zero-order valence-corrected chi connectivity index (χ0v) is 46.0. The minimum absolute atomic E-state index is 0.000680. The lowest BCUT2D eigenvalue weighted by molar-refractivity contribution is -0.899. The van der Waals surface area contributed by atoms with Gasteiger partial charge in [0, 0.05) is 49.7 Å². The number of benzene rings is 2. The minimum atomic E-state index is -5.19. The zero-order valence-electron chi connectivity index (χ0n) is 42.7. The van der Waals surface area contributed by atoms with Gasteiger partial charge in [0.2, 0.25) is 11.2 Å². The number of quaternary nitrogens is 2. The number of thiophene rings is 4. The van der Waals surface area contributed by atoms with Crippen LogP contribution >= 0.6 is 45.3 Å². The Kier molecular flexibility index (Phi) is 22.6. The number of alkyl halides is 6. The number of carboxylic acid groups (broad SMARTS) is 2. The fourth-order valence-corrected chi connectivity index (χ4v) is 12.1. The SMILES string of the molecule is C[N+]1(CCCC(=O)c2ccc(F)cc2)CCC(OC(=O)C(O)(c2cccs2)c2cccs2)C1.C[N+]1(CCCC(=O)c2ccc(F)cc2)CCC(OC(=O)C(O)(c2cccs2)c2cccs2)C1.O=C([O-])C(F)(F)F.O=C([O-])C(F)(F)F. The van der Waals surface area contributed by atoms with E-state index in [1.54, 1.807) is 24.3 Å². The van der Waals surface area contributed by atoms with Crippen molar-refractivity contribution in [1.82, 2.24) is 0 Å². The monoisotopic (exact) mass is 1200 g/mol. The number of nitrogens with zero attached hydrogens (tertiary/aromatic N) is 2. The molecule has 80 heavy (non-hydrogen) atoms. The zero-order chi connectivity index (χ0) is 59.1. The van der Waals surface area contributed by atoms with Crippen molar-refractivity contribution in [2.24, 2.45) is 0 Å². The second-order valence-corrected chi connectivity index (χ2v) is 22.9. The van der Waals surface area contributed by atoms with Crippen LogP contribution in [-0.2, 0) is 39.9 Å². The van der Waals surface area contributed by atoms with E-state index < -0.39 is 47.4 Å². The fraction of sp³-hybridized carbons (Fsp3) is 0.370. The Morgan fingerprint density at radius 1 is 0.525 bits per heavy atom. The average Bonchev–Trinajstić information content (AvgIpc) is 4.27. The Labute approximate surface area is 469 Å². The van der Waals surface area contributed by atoms with Gasteiger partial charge in [-0.05, 0) is 94.3 Å². The van der Waals surface area contributed by atoms with E-state index >= 15 is 0 Å². The summed E-state index contributed by atoms with van der Waals surface area (Å²) in [6.45, 7) is 4.50. The van der Waals surface area contributed by atoms with Crippen LogP contribution in [0.4, 0.5) is 35.1 Å². The summed E-state index contributed by atoms with van der Waals surface area (Å²) < 4.78 is 102. The maximum Gasteiger partial charge on any atom is 0.430 e. The van der Waals surface area contributed by atoms with Crippen LogP contribution in [0.25, 0.3) is 0 Å². The van der Waals surface area contributed by atoms with Gasteiger partial charge in [0.25, 0.3) is 0 Å². The van der Waals surface area contributed by atoms with Crippen LogP contribution in [0, 0.1) is 11.6 Å². The van der Waals surface area contributed by atoms with E-state index in [9.17, 15) is 64.5 Å². The molecular weight excluding hydrogens is 1150 g/mol. The van der Waals surface area contributed by atoms with Gasteiger partial charge in [-0.15, -0.1) is 45.3 Å². The molecule has 2 N–H and O–H groups in total. The largest absolute Gasteiger partial charge is 0.542 e. The third-order valence-corrected chi connectivity index (χ3v) is 16.8. The van der Waals surface area contributed by atoms with Crippen molar-refractivity contribution in [2.75, 3.05) is 53.4 Å². The fourth-order valence-electron chi connectivity index (χ4n) is 8.72. The number of aliphatic hydroxyl groups is 2. The summed E-state index contributed by atoms with van der Waals surface area (Å²) in [7, 11) is 4.20. The molecule has 0 spiro atoms. The Bertz CT molecular complexity index is 2690. The number of likely N-dealkylation sites (N-methyl/N-ethyl adjacent to an activating group) is 2. The predicted octanol–water partition coefficient (Wildman–Crippen LogP) is 7.82. The lowest BCUT2D eigenvalue weighted by atomic mass is 10.00. The molecule has 0 bridgehead atoms. The van der Waals surface area contributed by atoms with E-state index in [2.05, 4.69) is 14.1 Å². The molecule has 6 heterocycles. The van der Waals surface area contributed by atoms with Gasteiger partial charge in [0.1, 0.15) is 36.7 Å². The van der Waals surface area contributed by atoms with Gasteiger partial charge in [0.15, 0.2) is 23.8 Å². The Morgan fingerprint density at radius 2 is 0.800 bits per heavy atom. The molecule has 0 aliphatic carbocycles. The summed E-state index contributed by atoms with van der Waals surface area (Å²) in [6, 6.07) is 25.5. The van der Waals surface area contributed by atoms with Crippen molar-refractivity contribution in [2.45, 2.75) is 74.3 Å². The average molecular weight is 1200 g/mol. The molecule has 0 radical (unpaired) electrons. The van der Waals surface area contributed by atoms with Crippen LogP contribution in [0.3, 0.4) is 0 Å². The second kappa shape index (κ2) is 27.9. The highest BCUT2D eigenvalue weighted by Crippen LogP contribution is 2.39. The number of halogens is 8. The number of hydrogen-bond acceptors (Lipinski definition) is 16. The number of rotatable bonds is 18. The normalized spacial score (nSPS) is 19.0. The quantitative estimate of drug-likeness (QED) is 0.0366. The number of Topliss-reactive ketones (excluding diaryl/α,β-unsaturated/α-hetero) is 2. The van der Waals surface area contributed by atoms with E-state index in [1.807, 2.05) is 45.8 Å². The topological polar surface area (TPSA) is 207 Å². The summed E-state index contributed by atoms with van der Waals surface area (Å²) in [4.78, 5) is 70.8. The van der Waals surface area contributed by atoms with Gasteiger partial charge in [-0.1, -0.05) is 24.3 Å². The van der Waals surface area contributed by atoms with Crippen LogP contribution < -0.4 is 10.2 Å². The van der Waals surface area contributed by atoms with E-state index in [-0.39, 0.29) is 35.4 Å². The third-order valence-electron chi connectivity index (χ3n) is 12.9. The summed E-state index contributed by atoms with van der Waals surface area (Å²) in [5.41, 5.74) is -2.55. The first kappa shape index (κ1) is 64.6. The van der Waals surface area contributed by atoms with Gasteiger partial charge >= 0.3 is 24.3 Å². The molecular formula is C54H54F8N2O12S4. The highest BCUT2D eigenvalue weighted by Gasteiger charge is 2.48. The van der Waals surface area contributed by atoms with Crippen molar-refractivity contribution >= 4 is 80.8 Å². The summed E-state index contributed by atoms with van der Waals surface area (Å²) >= 11 is 5.30. The van der Waals surface area contributed by atoms with E-state index in [0.717, 1.165) is 26.2 Å². The first-order valence-corrected chi connectivity index (χ1v) is 27.8. The standard InChI is InChI=1S/2C25H27FNO4S2.2C2HF3O2/c2*1-27(13-2-5-21(28)18-8-10-19(26)11-9-18)14-12-20(17-27)31-24(29)25(30,22-6-3-15-32-22)23-7-4-16-33-23;2*3-2(4,5)1(6)7/h2*3-4,6-11,15-16,20,30H,2,5,12-14,17H2,1H3;2*(H,6,7)/q2*+1;;/p-2. The number of carbonyl (C=O) groups is 6. The minimum Gasteiger partial charge on any atom is -0.542 e. The van der Waals surface area contributed by atoms with Crippen LogP contribution in [0.2, 0.25) is 0 Å². The van der Waals surface area contributed by atoms with Crippen molar-refractivity contribution in [3.05, 3.63) is 161 Å². The molecule has 4 unspecified atom stereocenters. The van der Waals surface area contributed by atoms with Gasteiger partial charge in [-0.25, -0.2) is 18.4 Å². The smallest absolute Gasteiger partial charge is 0.430 e. The van der Waals surface area contributed by atoms with Gasteiger partial charge in [-0.3, -0.25) is 9.59 Å². The van der Waals surface area contributed by atoms with Gasteiger partial charge < -0.3 is 48.5 Å². The van der Waals surface area contributed by atoms with Gasteiger partial charge in [0.05, 0.1) is 59.8 Å². The maximum absolute atomic E-state index is 13.2. The number of ketones is 2. The molecule has 2 saturated heterocycles. The van der Waals surface area contributed by atoms with Crippen molar-refractivity contribution < 1.29 is 103 Å². The van der Waals surface area contributed by atoms with E-state index in [4.69, 9.17) is 29.3 Å². The van der Waals surface area contributed by atoms with Crippen molar-refractivity contribution in [1.29, 1.82) is 0 Å². The molecule has 2 aliphatic rings.